The van der Waals surface area contributed by atoms with Crippen LogP contribution in [0.5, 0.6) is 0 Å². The van der Waals surface area contributed by atoms with E-state index in [1.54, 1.807) is 12.1 Å². The van der Waals surface area contributed by atoms with E-state index in [0.717, 1.165) is 16.7 Å². The highest BCUT2D eigenvalue weighted by atomic mass is 16.5. The van der Waals surface area contributed by atoms with E-state index in [0.29, 0.717) is 5.56 Å². The number of nitrogens with one attached hydrogen (secondary N) is 1. The summed E-state index contributed by atoms with van der Waals surface area (Å²) in [5, 5.41) is 2.36. The zero-order valence-electron chi connectivity index (χ0n) is 13.8. The Kier molecular flexibility index (Phi) is 5.52. The molecule has 126 valence electrons. The molecular weight excluding hydrogens is 310 g/mol. The van der Waals surface area contributed by atoms with Crippen molar-refractivity contribution in [3.8, 4) is 0 Å². The van der Waals surface area contributed by atoms with E-state index in [1.165, 1.54) is 12.3 Å². The van der Waals surface area contributed by atoms with Gasteiger partial charge < -0.3 is 14.5 Å². The van der Waals surface area contributed by atoms with Gasteiger partial charge in [0.1, 0.15) is 6.54 Å². The summed E-state index contributed by atoms with van der Waals surface area (Å²) in [6.07, 6.45) is 1.36. The van der Waals surface area contributed by atoms with Crippen molar-refractivity contribution in [2.24, 2.45) is 0 Å². The lowest BCUT2D eigenvalue weighted by Crippen LogP contribution is -2.31. The minimum Gasteiger partial charge on any atom is -0.459 e. The van der Waals surface area contributed by atoms with Gasteiger partial charge in [0.2, 0.25) is 5.78 Å². The second kappa shape index (κ2) is 7.59. The normalized spacial score (nSPS) is 10.3. The van der Waals surface area contributed by atoms with Crippen LogP contribution in [0.4, 0.5) is 0 Å². The molecular formula is C18H19NO5. The van der Waals surface area contributed by atoms with E-state index < -0.39 is 11.9 Å². The number of carbonyl (C=O) groups excluding carboxylic acids is 3. The summed E-state index contributed by atoms with van der Waals surface area (Å²) in [5.74, 6) is -1.39. The Morgan fingerprint density at radius 2 is 1.79 bits per heavy atom. The Labute approximate surface area is 139 Å². The fourth-order valence-electron chi connectivity index (χ4n) is 2.18. The van der Waals surface area contributed by atoms with E-state index in [9.17, 15) is 14.4 Å². The van der Waals surface area contributed by atoms with Crippen LogP contribution >= 0.6 is 0 Å². The van der Waals surface area contributed by atoms with Gasteiger partial charge in [-0.2, -0.15) is 0 Å². The molecule has 0 saturated heterocycles. The fourth-order valence-corrected chi connectivity index (χ4v) is 2.18. The summed E-state index contributed by atoms with van der Waals surface area (Å²) in [7, 11) is 0. The molecule has 6 nitrogen and oxygen atoms in total. The van der Waals surface area contributed by atoms with Crippen LogP contribution in [0.3, 0.4) is 0 Å². The molecule has 0 radical (unpaired) electrons. The molecule has 0 saturated carbocycles. The van der Waals surface area contributed by atoms with Crippen molar-refractivity contribution in [2.75, 3.05) is 13.2 Å². The molecule has 0 aliphatic heterocycles. The number of carbonyl (C=O) groups is 3. The molecule has 6 heteroatoms. The van der Waals surface area contributed by atoms with Crippen LogP contribution in [0.2, 0.25) is 0 Å². The number of esters is 1. The Bertz CT molecular complexity index is 762. The first kappa shape index (κ1) is 17.5. The second-order valence-corrected chi connectivity index (χ2v) is 5.50. The predicted octanol–water partition coefficient (Wildman–Crippen LogP) is 2.36. The van der Waals surface area contributed by atoms with E-state index in [-0.39, 0.29) is 24.7 Å². The van der Waals surface area contributed by atoms with Crippen LogP contribution in [-0.2, 0) is 9.53 Å². The van der Waals surface area contributed by atoms with Gasteiger partial charge in [-0.3, -0.25) is 14.4 Å². The molecule has 1 N–H and O–H groups in total. The van der Waals surface area contributed by atoms with E-state index in [1.807, 2.05) is 26.8 Å². The summed E-state index contributed by atoms with van der Waals surface area (Å²) >= 11 is 0. The summed E-state index contributed by atoms with van der Waals surface area (Å²) in [6, 6.07) is 6.76. The van der Waals surface area contributed by atoms with Crippen molar-refractivity contribution in [1.29, 1.82) is 0 Å². The van der Waals surface area contributed by atoms with Crippen molar-refractivity contribution in [2.45, 2.75) is 20.8 Å². The maximum atomic E-state index is 12.2. The van der Waals surface area contributed by atoms with E-state index in [4.69, 9.17) is 9.15 Å². The summed E-state index contributed by atoms with van der Waals surface area (Å²) in [4.78, 5) is 35.4. The third kappa shape index (κ3) is 4.32. The van der Waals surface area contributed by atoms with Crippen LogP contribution in [0.25, 0.3) is 0 Å². The molecule has 0 bridgehead atoms. The predicted molar refractivity (Wildman–Crippen MR) is 87.0 cm³/mol. The maximum absolute atomic E-state index is 12.2. The van der Waals surface area contributed by atoms with Gasteiger partial charge in [0.25, 0.3) is 5.91 Å². The lowest BCUT2D eigenvalue weighted by atomic mass is 9.98. The Balaban J connectivity index is 1.84. The van der Waals surface area contributed by atoms with Crippen LogP contribution < -0.4 is 5.32 Å². The molecule has 0 fully saturated rings. The molecule has 2 rings (SSSR count). The van der Waals surface area contributed by atoms with Crippen molar-refractivity contribution in [1.82, 2.24) is 5.32 Å². The number of Topliss-reactive ketones (excluding diaryl/α,β-unsaturated/α-hetero) is 1. The Morgan fingerprint density at radius 3 is 2.46 bits per heavy atom. The Morgan fingerprint density at radius 1 is 1.08 bits per heavy atom. The average Bonchev–Trinajstić information content (AvgIpc) is 3.08. The molecule has 0 atom stereocenters. The molecule has 0 spiro atoms. The molecule has 1 amide bonds. The molecule has 0 unspecified atom stereocenters. The largest absolute Gasteiger partial charge is 0.459 e. The van der Waals surface area contributed by atoms with Crippen molar-refractivity contribution in [3.05, 3.63) is 58.5 Å². The highest BCUT2D eigenvalue weighted by Gasteiger charge is 2.15. The van der Waals surface area contributed by atoms with Crippen molar-refractivity contribution >= 4 is 17.7 Å². The zero-order chi connectivity index (χ0) is 17.7. The van der Waals surface area contributed by atoms with Gasteiger partial charge in [-0.25, -0.2) is 0 Å². The quantitative estimate of drug-likeness (QED) is 0.649. The maximum Gasteiger partial charge on any atom is 0.325 e. The minimum absolute atomic E-state index is 0.102. The number of hydrogen-bond acceptors (Lipinski definition) is 5. The van der Waals surface area contributed by atoms with Crippen molar-refractivity contribution < 1.29 is 23.5 Å². The van der Waals surface area contributed by atoms with Crippen LogP contribution in [-0.4, -0.2) is 30.8 Å². The first-order valence-electron chi connectivity index (χ1n) is 7.47. The molecule has 24 heavy (non-hydrogen) atoms. The highest BCUT2D eigenvalue weighted by Crippen LogP contribution is 2.16. The monoisotopic (exact) mass is 329 g/mol. The smallest absolute Gasteiger partial charge is 0.325 e. The number of amides is 1. The zero-order valence-corrected chi connectivity index (χ0v) is 13.8. The molecule has 1 aromatic heterocycles. The number of rotatable bonds is 6. The van der Waals surface area contributed by atoms with Gasteiger partial charge in [0, 0.05) is 5.56 Å². The standard InChI is InChI=1S/C18H19NO5/c1-11-7-13(3)14(8-12(11)2)15(20)10-24-17(21)9-19-18(22)16-5-4-6-23-16/h4-8H,9-10H2,1-3H3,(H,19,22). The van der Waals surface area contributed by atoms with Gasteiger partial charge in [0.15, 0.2) is 12.4 Å². The molecule has 0 aliphatic carbocycles. The van der Waals surface area contributed by atoms with Gasteiger partial charge in [-0.1, -0.05) is 6.07 Å². The number of hydrogen-bond donors (Lipinski definition) is 1. The first-order chi connectivity index (χ1) is 11.4. The highest BCUT2D eigenvalue weighted by molar-refractivity contribution is 5.99. The third-order valence-corrected chi connectivity index (χ3v) is 3.64. The number of ether oxygens (including phenoxy) is 1. The topological polar surface area (TPSA) is 85.6 Å². The van der Waals surface area contributed by atoms with Gasteiger partial charge in [0.05, 0.1) is 6.26 Å². The van der Waals surface area contributed by atoms with Crippen LogP contribution in [0.15, 0.2) is 34.9 Å². The second-order valence-electron chi connectivity index (χ2n) is 5.50. The molecule has 1 aromatic carbocycles. The van der Waals surface area contributed by atoms with Crippen LogP contribution in [0.1, 0.15) is 37.6 Å². The SMILES string of the molecule is Cc1cc(C)c(C(=O)COC(=O)CNC(=O)c2ccco2)cc1C. The average molecular weight is 329 g/mol. The number of benzene rings is 1. The van der Waals surface area contributed by atoms with Gasteiger partial charge in [-0.15, -0.1) is 0 Å². The van der Waals surface area contributed by atoms with E-state index >= 15 is 0 Å². The lowest BCUT2D eigenvalue weighted by molar-refractivity contribution is -0.141. The minimum atomic E-state index is -0.690. The molecule has 1 heterocycles. The third-order valence-electron chi connectivity index (χ3n) is 3.64. The first-order valence-corrected chi connectivity index (χ1v) is 7.47. The van der Waals surface area contributed by atoms with Crippen molar-refractivity contribution in [3.63, 3.8) is 0 Å². The van der Waals surface area contributed by atoms with Gasteiger partial charge in [-0.05, 0) is 55.7 Å². The molecule has 0 aliphatic rings. The lowest BCUT2D eigenvalue weighted by Gasteiger charge is -2.10. The van der Waals surface area contributed by atoms with Gasteiger partial charge >= 0.3 is 5.97 Å². The van der Waals surface area contributed by atoms with E-state index in [2.05, 4.69) is 5.32 Å². The fraction of sp³-hybridized carbons (Fsp3) is 0.278. The summed E-state index contributed by atoms with van der Waals surface area (Å²) in [5.41, 5.74) is 3.47. The Hall–Kier alpha value is -2.89. The molecule has 2 aromatic rings. The summed E-state index contributed by atoms with van der Waals surface area (Å²) < 4.78 is 9.82. The number of ketones is 1. The van der Waals surface area contributed by atoms with Crippen LogP contribution in [0, 0.1) is 20.8 Å². The summed E-state index contributed by atoms with van der Waals surface area (Å²) in [6.45, 7) is 5.03. The number of furan rings is 1. The number of aryl methyl sites for hydroxylation is 3.